The molecule has 0 spiro atoms. The molecule has 3 aromatic rings. The van der Waals surface area contributed by atoms with Crippen LogP contribution in [0.3, 0.4) is 0 Å². The summed E-state index contributed by atoms with van der Waals surface area (Å²) in [6, 6.07) is 14.9. The van der Waals surface area contributed by atoms with Crippen molar-refractivity contribution in [3.8, 4) is 0 Å². The molecule has 0 aliphatic rings. The molecule has 1 heterocycles. The fourth-order valence-corrected chi connectivity index (χ4v) is 2.75. The molecule has 10 heteroatoms. The molecular weight excluding hydrogens is 388 g/mol. The van der Waals surface area contributed by atoms with Crippen LogP contribution in [-0.4, -0.2) is 51.6 Å². The molecule has 3 rings (SSSR count). The number of hydrogen-bond acceptors (Lipinski definition) is 7. The highest BCUT2D eigenvalue weighted by Crippen LogP contribution is 2.15. The van der Waals surface area contributed by atoms with Gasteiger partial charge in [0.1, 0.15) is 6.33 Å². The molecule has 0 saturated heterocycles. The molecule has 30 heavy (non-hydrogen) atoms. The molecule has 0 aliphatic carbocycles. The normalized spacial score (nSPS) is 11.4. The van der Waals surface area contributed by atoms with Crippen molar-refractivity contribution in [3.63, 3.8) is 0 Å². The Bertz CT molecular complexity index is 1010. The summed E-state index contributed by atoms with van der Waals surface area (Å²) in [6.07, 6.45) is 1.62. The zero-order chi connectivity index (χ0) is 21.3. The van der Waals surface area contributed by atoms with Crippen molar-refractivity contribution in [1.82, 2.24) is 25.5 Å². The fraction of sp³-hybridized carbons (Fsp3) is 0.200. The van der Waals surface area contributed by atoms with Crippen LogP contribution in [0.5, 0.6) is 0 Å². The summed E-state index contributed by atoms with van der Waals surface area (Å²) in [5.74, 6) is -1.45. The number of nitrogens with one attached hydrogen (secondary N) is 2. The highest BCUT2D eigenvalue weighted by molar-refractivity contribution is 5.97. The van der Waals surface area contributed by atoms with E-state index in [4.69, 9.17) is 4.74 Å². The highest BCUT2D eigenvalue weighted by Gasteiger charge is 2.24. The van der Waals surface area contributed by atoms with E-state index in [1.165, 1.54) is 24.1 Å². The van der Waals surface area contributed by atoms with Crippen molar-refractivity contribution in [3.05, 3.63) is 72.1 Å². The van der Waals surface area contributed by atoms with E-state index in [9.17, 15) is 14.4 Å². The Morgan fingerprint density at radius 3 is 2.60 bits per heavy atom. The maximum absolute atomic E-state index is 12.6. The number of rotatable bonds is 8. The minimum absolute atomic E-state index is 0.275. The van der Waals surface area contributed by atoms with Gasteiger partial charge in [-0.15, -0.1) is 5.10 Å². The number of benzene rings is 2. The summed E-state index contributed by atoms with van der Waals surface area (Å²) in [4.78, 5) is 36.5. The average molecular weight is 408 g/mol. The molecule has 1 aromatic heterocycles. The fourth-order valence-electron chi connectivity index (χ4n) is 2.75. The zero-order valence-electron chi connectivity index (χ0n) is 16.2. The minimum Gasteiger partial charge on any atom is -0.454 e. The van der Waals surface area contributed by atoms with Crippen LogP contribution in [0.25, 0.3) is 0 Å². The van der Waals surface area contributed by atoms with Gasteiger partial charge in [0.25, 0.3) is 11.8 Å². The molecule has 2 amide bonds. The van der Waals surface area contributed by atoms with Gasteiger partial charge in [-0.3, -0.25) is 9.59 Å². The van der Waals surface area contributed by atoms with Crippen LogP contribution >= 0.6 is 0 Å². The van der Waals surface area contributed by atoms with Crippen LogP contribution in [0.15, 0.2) is 60.9 Å². The Balaban J connectivity index is 1.61. The topological polar surface area (TPSA) is 128 Å². The number of amides is 2. The van der Waals surface area contributed by atoms with E-state index < -0.39 is 24.5 Å². The first-order valence-corrected chi connectivity index (χ1v) is 9.12. The van der Waals surface area contributed by atoms with Crippen molar-refractivity contribution in [1.29, 1.82) is 0 Å². The third-order valence-electron chi connectivity index (χ3n) is 4.21. The molecule has 0 unspecified atom stereocenters. The molecular formula is C20H20N6O4. The number of nitrogens with zero attached hydrogens (tertiary/aromatic N) is 4. The van der Waals surface area contributed by atoms with Gasteiger partial charge in [0.15, 0.2) is 12.6 Å². The zero-order valence-corrected chi connectivity index (χ0v) is 16.2. The number of tetrazole rings is 1. The van der Waals surface area contributed by atoms with Crippen LogP contribution in [0, 0.1) is 0 Å². The number of ether oxygens (including phenoxy) is 1. The van der Waals surface area contributed by atoms with Gasteiger partial charge in [-0.25, -0.2) is 9.48 Å². The molecule has 2 N–H and O–H groups in total. The summed E-state index contributed by atoms with van der Waals surface area (Å²) in [6.45, 7) is -0.490. The lowest BCUT2D eigenvalue weighted by Crippen LogP contribution is -2.28. The van der Waals surface area contributed by atoms with E-state index in [-0.39, 0.29) is 5.91 Å². The number of carbonyl (C=O) groups excluding carboxylic acids is 3. The summed E-state index contributed by atoms with van der Waals surface area (Å²) >= 11 is 0. The van der Waals surface area contributed by atoms with Crippen LogP contribution in [-0.2, 0) is 20.7 Å². The second kappa shape index (κ2) is 9.92. The number of esters is 1. The van der Waals surface area contributed by atoms with Gasteiger partial charge in [-0.2, -0.15) is 0 Å². The van der Waals surface area contributed by atoms with E-state index in [0.29, 0.717) is 17.7 Å². The van der Waals surface area contributed by atoms with Crippen LogP contribution in [0.4, 0.5) is 5.69 Å². The predicted octanol–water partition coefficient (Wildman–Crippen LogP) is 0.998. The molecule has 2 aromatic carbocycles. The molecule has 0 saturated carbocycles. The number of carbonyl (C=O) groups is 3. The van der Waals surface area contributed by atoms with Crippen molar-refractivity contribution in [2.24, 2.45) is 0 Å². The van der Waals surface area contributed by atoms with Crippen LogP contribution in [0.2, 0.25) is 0 Å². The Morgan fingerprint density at radius 1 is 1.10 bits per heavy atom. The van der Waals surface area contributed by atoms with Crippen molar-refractivity contribution in [2.45, 2.75) is 12.5 Å². The highest BCUT2D eigenvalue weighted by atomic mass is 16.5. The summed E-state index contributed by atoms with van der Waals surface area (Å²) < 4.78 is 6.48. The average Bonchev–Trinajstić information content (AvgIpc) is 3.30. The molecule has 0 radical (unpaired) electrons. The first-order chi connectivity index (χ1) is 14.6. The van der Waals surface area contributed by atoms with Gasteiger partial charge in [-0.1, -0.05) is 36.4 Å². The number of hydrogen-bond donors (Lipinski definition) is 2. The monoisotopic (exact) mass is 408 g/mol. The number of anilines is 1. The van der Waals surface area contributed by atoms with Gasteiger partial charge in [-0.05, 0) is 34.2 Å². The minimum atomic E-state index is -0.813. The maximum atomic E-state index is 12.6. The second-order valence-electron chi connectivity index (χ2n) is 6.31. The van der Waals surface area contributed by atoms with E-state index in [2.05, 4.69) is 26.2 Å². The van der Waals surface area contributed by atoms with Crippen molar-refractivity contribution >= 4 is 23.5 Å². The van der Waals surface area contributed by atoms with E-state index in [1.54, 1.807) is 18.2 Å². The third-order valence-corrected chi connectivity index (χ3v) is 4.21. The van der Waals surface area contributed by atoms with Crippen molar-refractivity contribution < 1.29 is 19.1 Å². The Hall–Kier alpha value is -4.08. The van der Waals surface area contributed by atoms with Crippen LogP contribution < -0.4 is 10.6 Å². The van der Waals surface area contributed by atoms with E-state index >= 15 is 0 Å². The van der Waals surface area contributed by atoms with E-state index in [1.807, 2.05) is 30.3 Å². The van der Waals surface area contributed by atoms with E-state index in [0.717, 1.165) is 5.56 Å². The van der Waals surface area contributed by atoms with Gasteiger partial charge >= 0.3 is 5.97 Å². The Morgan fingerprint density at radius 2 is 1.90 bits per heavy atom. The van der Waals surface area contributed by atoms with Crippen molar-refractivity contribution in [2.75, 3.05) is 19.0 Å². The van der Waals surface area contributed by atoms with Gasteiger partial charge in [0, 0.05) is 24.7 Å². The van der Waals surface area contributed by atoms with Gasteiger partial charge in [0.2, 0.25) is 0 Å². The smallest absolute Gasteiger partial charge is 0.331 e. The molecule has 154 valence electrons. The molecule has 0 fully saturated rings. The second-order valence-corrected chi connectivity index (χ2v) is 6.31. The Labute approximate surface area is 172 Å². The lowest BCUT2D eigenvalue weighted by Gasteiger charge is -2.15. The molecule has 0 aliphatic heterocycles. The predicted molar refractivity (Wildman–Crippen MR) is 106 cm³/mol. The first kappa shape index (κ1) is 20.6. The third kappa shape index (κ3) is 5.47. The standard InChI is InChI=1S/C20H20N6O4/c1-21-19(28)15-8-5-9-16(11-15)23-18(27)12-30-20(29)17(26-13-22-24-25-26)10-14-6-3-2-4-7-14/h2-9,11,13,17H,10,12H2,1H3,(H,21,28)(H,23,27)/t17-/m1/s1. The lowest BCUT2D eigenvalue weighted by atomic mass is 10.1. The molecule has 0 bridgehead atoms. The summed E-state index contributed by atoms with van der Waals surface area (Å²) in [5, 5.41) is 16.0. The maximum Gasteiger partial charge on any atom is 0.331 e. The molecule has 1 atom stereocenters. The Kier molecular flexibility index (Phi) is 6.83. The van der Waals surface area contributed by atoms with Gasteiger partial charge in [0.05, 0.1) is 0 Å². The van der Waals surface area contributed by atoms with Gasteiger partial charge < -0.3 is 15.4 Å². The SMILES string of the molecule is CNC(=O)c1cccc(NC(=O)COC(=O)[C@@H](Cc2ccccc2)n2cnnn2)c1. The first-order valence-electron chi connectivity index (χ1n) is 9.12. The molecule has 10 nitrogen and oxygen atoms in total. The summed E-state index contributed by atoms with van der Waals surface area (Å²) in [5.41, 5.74) is 1.71. The lowest BCUT2D eigenvalue weighted by molar-refractivity contribution is -0.151. The summed E-state index contributed by atoms with van der Waals surface area (Å²) in [7, 11) is 1.52. The number of aromatic nitrogens is 4. The quantitative estimate of drug-likeness (QED) is 0.532. The van der Waals surface area contributed by atoms with Crippen LogP contribution in [0.1, 0.15) is 22.0 Å². The largest absolute Gasteiger partial charge is 0.454 e.